The van der Waals surface area contributed by atoms with Gasteiger partial charge in [-0.2, -0.15) is 13.2 Å². The number of alkyl halides is 3. The van der Waals surface area contributed by atoms with Crippen molar-refractivity contribution in [2.75, 3.05) is 19.8 Å². The van der Waals surface area contributed by atoms with Crippen LogP contribution in [0.2, 0.25) is 0 Å². The van der Waals surface area contributed by atoms with E-state index in [1.165, 1.54) is 0 Å². The molecule has 0 rings (SSSR count). The van der Waals surface area contributed by atoms with Crippen LogP contribution in [0, 0.1) is 0 Å². The molecule has 82 valence electrons. The summed E-state index contributed by atoms with van der Waals surface area (Å²) in [7, 11) is 0. The number of carbonyl (C=O) groups excluding carboxylic acids is 1. The number of carboxylic acid groups (broad SMARTS) is 1. The van der Waals surface area contributed by atoms with Gasteiger partial charge in [0.15, 0.2) is 0 Å². The standard InChI is InChI=1S/C6H8F3NO4/c7-6(8,9)3-14-2-4(11)10-1-5(12)13/h1-3H2,(H,10,11)(H,12,13). The molecule has 0 aliphatic carbocycles. The van der Waals surface area contributed by atoms with Crippen molar-refractivity contribution in [1.82, 2.24) is 5.32 Å². The van der Waals surface area contributed by atoms with E-state index in [0.29, 0.717) is 0 Å². The van der Waals surface area contributed by atoms with Gasteiger partial charge in [-0.3, -0.25) is 9.59 Å². The first-order valence-electron chi connectivity index (χ1n) is 3.44. The van der Waals surface area contributed by atoms with Gasteiger partial charge in [0.25, 0.3) is 0 Å². The summed E-state index contributed by atoms with van der Waals surface area (Å²) in [5, 5.41) is 9.92. The molecule has 0 atom stereocenters. The molecule has 0 bridgehead atoms. The largest absolute Gasteiger partial charge is 0.480 e. The second-order valence-corrected chi connectivity index (χ2v) is 2.28. The first kappa shape index (κ1) is 12.7. The van der Waals surface area contributed by atoms with Crippen molar-refractivity contribution in [2.24, 2.45) is 0 Å². The third-order valence-corrected chi connectivity index (χ3v) is 0.936. The van der Waals surface area contributed by atoms with Crippen molar-refractivity contribution in [3.8, 4) is 0 Å². The molecule has 5 nitrogen and oxygen atoms in total. The predicted molar refractivity (Wildman–Crippen MR) is 37.5 cm³/mol. The lowest BCUT2D eigenvalue weighted by molar-refractivity contribution is -0.175. The summed E-state index contributed by atoms with van der Waals surface area (Å²) in [6.07, 6.45) is -4.49. The summed E-state index contributed by atoms with van der Waals surface area (Å²) in [5.74, 6) is -2.19. The molecular formula is C6H8F3NO4. The van der Waals surface area contributed by atoms with E-state index in [1.54, 1.807) is 0 Å². The van der Waals surface area contributed by atoms with Gasteiger partial charge >= 0.3 is 12.1 Å². The first-order valence-corrected chi connectivity index (χ1v) is 3.44. The van der Waals surface area contributed by atoms with Crippen molar-refractivity contribution in [2.45, 2.75) is 6.18 Å². The molecule has 0 fully saturated rings. The lowest BCUT2D eigenvalue weighted by Crippen LogP contribution is -2.33. The third-order valence-electron chi connectivity index (χ3n) is 0.936. The molecule has 0 aromatic rings. The molecule has 0 saturated heterocycles. The van der Waals surface area contributed by atoms with Crippen molar-refractivity contribution in [3.05, 3.63) is 0 Å². The van der Waals surface area contributed by atoms with Gasteiger partial charge in [-0.25, -0.2) is 0 Å². The zero-order chi connectivity index (χ0) is 11.2. The number of ether oxygens (including phenoxy) is 1. The maximum Gasteiger partial charge on any atom is 0.411 e. The predicted octanol–water partition coefficient (Wildman–Crippen LogP) is -0.234. The number of nitrogens with one attached hydrogen (secondary N) is 1. The Morgan fingerprint density at radius 1 is 1.36 bits per heavy atom. The van der Waals surface area contributed by atoms with E-state index in [1.807, 2.05) is 5.32 Å². The summed E-state index contributed by atoms with van der Waals surface area (Å²) in [5.41, 5.74) is 0. The monoisotopic (exact) mass is 215 g/mol. The van der Waals surface area contributed by atoms with Gasteiger partial charge in [0.1, 0.15) is 19.8 Å². The van der Waals surface area contributed by atoms with E-state index >= 15 is 0 Å². The lowest BCUT2D eigenvalue weighted by Gasteiger charge is -2.06. The van der Waals surface area contributed by atoms with E-state index in [2.05, 4.69) is 4.74 Å². The second kappa shape index (κ2) is 5.43. The summed E-state index contributed by atoms with van der Waals surface area (Å²) in [6.45, 7) is -2.99. The Bertz CT molecular complexity index is 216. The molecule has 0 aromatic heterocycles. The van der Waals surface area contributed by atoms with Crippen LogP contribution in [0.5, 0.6) is 0 Å². The molecule has 0 saturated carbocycles. The van der Waals surface area contributed by atoms with Crippen LogP contribution in [0.15, 0.2) is 0 Å². The molecule has 0 aliphatic rings. The fraction of sp³-hybridized carbons (Fsp3) is 0.667. The smallest absolute Gasteiger partial charge is 0.411 e. The Kier molecular flexibility index (Phi) is 4.92. The van der Waals surface area contributed by atoms with Crippen LogP contribution in [0.3, 0.4) is 0 Å². The van der Waals surface area contributed by atoms with Gasteiger partial charge in [0.2, 0.25) is 5.91 Å². The number of amides is 1. The normalized spacial score (nSPS) is 11.1. The highest BCUT2D eigenvalue weighted by molar-refractivity contribution is 5.81. The Morgan fingerprint density at radius 2 is 1.93 bits per heavy atom. The number of rotatable bonds is 5. The SMILES string of the molecule is O=C(O)CNC(=O)COCC(F)(F)F. The number of hydrogen-bond donors (Lipinski definition) is 2. The van der Waals surface area contributed by atoms with Gasteiger partial charge in [0.05, 0.1) is 0 Å². The molecule has 0 spiro atoms. The first-order chi connectivity index (χ1) is 6.31. The Hall–Kier alpha value is -1.31. The number of aliphatic carboxylic acids is 1. The van der Waals surface area contributed by atoms with E-state index < -0.39 is 37.8 Å². The number of halogens is 3. The van der Waals surface area contributed by atoms with E-state index in [4.69, 9.17) is 5.11 Å². The lowest BCUT2D eigenvalue weighted by atomic mass is 10.5. The van der Waals surface area contributed by atoms with Gasteiger partial charge in [-0.1, -0.05) is 0 Å². The van der Waals surface area contributed by atoms with Crippen LogP contribution < -0.4 is 5.32 Å². The molecule has 1 amide bonds. The molecule has 0 unspecified atom stereocenters. The molecule has 14 heavy (non-hydrogen) atoms. The van der Waals surface area contributed by atoms with Gasteiger partial charge in [-0.05, 0) is 0 Å². The summed E-state index contributed by atoms with van der Waals surface area (Å²) >= 11 is 0. The highest BCUT2D eigenvalue weighted by Gasteiger charge is 2.27. The molecule has 0 heterocycles. The number of carbonyl (C=O) groups is 2. The maximum atomic E-state index is 11.5. The summed E-state index contributed by atoms with van der Waals surface area (Å²) in [6, 6.07) is 0. The second-order valence-electron chi connectivity index (χ2n) is 2.28. The minimum Gasteiger partial charge on any atom is -0.480 e. The van der Waals surface area contributed by atoms with Gasteiger partial charge in [0, 0.05) is 0 Å². The minimum absolute atomic E-state index is 0.645. The molecular weight excluding hydrogens is 207 g/mol. The van der Waals surface area contributed by atoms with Gasteiger partial charge in [-0.15, -0.1) is 0 Å². The van der Waals surface area contributed by atoms with E-state index in [-0.39, 0.29) is 0 Å². The highest BCUT2D eigenvalue weighted by Crippen LogP contribution is 2.13. The molecule has 2 N–H and O–H groups in total. The topological polar surface area (TPSA) is 75.6 Å². The Morgan fingerprint density at radius 3 is 2.36 bits per heavy atom. The zero-order valence-corrected chi connectivity index (χ0v) is 6.93. The van der Waals surface area contributed by atoms with Crippen molar-refractivity contribution < 1.29 is 32.6 Å². The highest BCUT2D eigenvalue weighted by atomic mass is 19.4. The average molecular weight is 215 g/mol. The molecule has 0 aliphatic heterocycles. The molecule has 0 radical (unpaired) electrons. The van der Waals surface area contributed by atoms with E-state index in [9.17, 15) is 22.8 Å². The fourth-order valence-corrected chi connectivity index (χ4v) is 0.485. The van der Waals surface area contributed by atoms with Crippen LogP contribution in [0.1, 0.15) is 0 Å². The van der Waals surface area contributed by atoms with Crippen LogP contribution in [-0.2, 0) is 14.3 Å². The van der Waals surface area contributed by atoms with Crippen LogP contribution >= 0.6 is 0 Å². The van der Waals surface area contributed by atoms with Crippen LogP contribution in [-0.4, -0.2) is 42.9 Å². The average Bonchev–Trinajstić information content (AvgIpc) is 1.98. The molecule has 8 heteroatoms. The minimum atomic E-state index is -4.49. The third kappa shape index (κ3) is 8.78. The quantitative estimate of drug-likeness (QED) is 0.664. The van der Waals surface area contributed by atoms with Crippen LogP contribution in [0.4, 0.5) is 13.2 Å². The van der Waals surface area contributed by atoms with Crippen molar-refractivity contribution >= 4 is 11.9 Å². The maximum absolute atomic E-state index is 11.5. The fourth-order valence-electron chi connectivity index (χ4n) is 0.485. The Labute approximate surface area is 76.8 Å². The van der Waals surface area contributed by atoms with Crippen LogP contribution in [0.25, 0.3) is 0 Å². The van der Waals surface area contributed by atoms with E-state index in [0.717, 1.165) is 0 Å². The number of hydrogen-bond acceptors (Lipinski definition) is 3. The summed E-state index contributed by atoms with van der Waals surface area (Å²) in [4.78, 5) is 20.5. The Balaban J connectivity index is 3.50. The van der Waals surface area contributed by atoms with Crippen molar-refractivity contribution in [1.29, 1.82) is 0 Å². The molecule has 0 aromatic carbocycles. The summed E-state index contributed by atoms with van der Waals surface area (Å²) < 4.78 is 38.4. The van der Waals surface area contributed by atoms with Crippen molar-refractivity contribution in [3.63, 3.8) is 0 Å². The zero-order valence-electron chi connectivity index (χ0n) is 6.93. The van der Waals surface area contributed by atoms with Gasteiger partial charge < -0.3 is 15.2 Å². The number of carboxylic acids is 1.